The molecule has 0 radical (unpaired) electrons. The van der Waals surface area contributed by atoms with Crippen LogP contribution in [0.25, 0.3) is 0 Å². The van der Waals surface area contributed by atoms with E-state index in [9.17, 15) is 14.0 Å². The molecule has 110 valence electrons. The van der Waals surface area contributed by atoms with E-state index in [-0.39, 0.29) is 5.75 Å². The van der Waals surface area contributed by atoms with Gasteiger partial charge in [0.2, 0.25) is 5.91 Å². The molecule has 0 bridgehead atoms. The summed E-state index contributed by atoms with van der Waals surface area (Å²) in [4.78, 5) is 23.3. The zero-order valence-corrected chi connectivity index (χ0v) is 12.4. The monoisotopic (exact) mass is 299 g/mol. The van der Waals surface area contributed by atoms with Gasteiger partial charge in [-0.2, -0.15) is 0 Å². The third kappa shape index (κ3) is 5.92. The summed E-state index contributed by atoms with van der Waals surface area (Å²) in [5.41, 5.74) is 5.32. The number of benzene rings is 1. The minimum absolute atomic E-state index is 0.0571. The Labute approximate surface area is 121 Å². The molecule has 20 heavy (non-hydrogen) atoms. The highest BCUT2D eigenvalue weighted by molar-refractivity contribution is 8.00. The van der Waals surface area contributed by atoms with E-state index >= 15 is 0 Å². The average molecular weight is 299 g/mol. The maximum absolute atomic E-state index is 13.5. The number of carbonyl (C=O) groups is 2. The molecule has 0 fully saturated rings. The summed E-state index contributed by atoms with van der Waals surface area (Å²) in [6.45, 7) is 5.40. The molecule has 4 N–H and O–H groups in total. The van der Waals surface area contributed by atoms with Crippen LogP contribution in [0.1, 0.15) is 20.8 Å². The quantitative estimate of drug-likeness (QED) is 0.589. The molecule has 0 aromatic heterocycles. The van der Waals surface area contributed by atoms with Crippen LogP contribution in [0.5, 0.6) is 0 Å². The second-order valence-corrected chi connectivity index (χ2v) is 6.25. The first-order valence-electron chi connectivity index (χ1n) is 5.97. The van der Waals surface area contributed by atoms with E-state index in [4.69, 9.17) is 5.73 Å². The van der Waals surface area contributed by atoms with Crippen LogP contribution in [-0.4, -0.2) is 23.2 Å². The van der Waals surface area contributed by atoms with Crippen molar-refractivity contribution in [2.24, 2.45) is 0 Å². The fourth-order valence-electron chi connectivity index (χ4n) is 1.31. The van der Waals surface area contributed by atoms with Gasteiger partial charge in [-0.1, -0.05) is 0 Å². The van der Waals surface area contributed by atoms with Crippen molar-refractivity contribution in [2.45, 2.75) is 31.2 Å². The number of imide groups is 1. The maximum atomic E-state index is 13.5. The highest BCUT2D eigenvalue weighted by Crippen LogP contribution is 2.23. The Morgan fingerprint density at radius 2 is 2.00 bits per heavy atom. The molecule has 0 heterocycles. The minimum Gasteiger partial charge on any atom is -0.399 e. The summed E-state index contributed by atoms with van der Waals surface area (Å²) in [7, 11) is 0. The Morgan fingerprint density at radius 3 is 2.55 bits per heavy atom. The molecule has 0 aliphatic rings. The first-order valence-corrected chi connectivity index (χ1v) is 6.96. The lowest BCUT2D eigenvalue weighted by atomic mass is 10.1. The highest BCUT2D eigenvalue weighted by atomic mass is 32.2. The molecule has 1 aromatic rings. The predicted molar refractivity (Wildman–Crippen MR) is 78.0 cm³/mol. The van der Waals surface area contributed by atoms with Gasteiger partial charge in [0.25, 0.3) is 0 Å². The number of nitrogens with one attached hydrogen (secondary N) is 2. The lowest BCUT2D eigenvalue weighted by Crippen LogP contribution is -2.48. The van der Waals surface area contributed by atoms with Crippen LogP contribution >= 0.6 is 11.8 Å². The molecular weight excluding hydrogens is 281 g/mol. The number of thioether (sulfide) groups is 1. The summed E-state index contributed by atoms with van der Waals surface area (Å²) in [6.07, 6.45) is 0. The molecule has 0 aliphatic heterocycles. The van der Waals surface area contributed by atoms with Crippen LogP contribution in [-0.2, 0) is 4.79 Å². The molecule has 7 heteroatoms. The number of nitrogens with two attached hydrogens (primary N) is 1. The average Bonchev–Trinajstić information content (AvgIpc) is 2.24. The van der Waals surface area contributed by atoms with Gasteiger partial charge in [0.15, 0.2) is 0 Å². The van der Waals surface area contributed by atoms with Gasteiger partial charge in [-0.05, 0) is 39.0 Å². The van der Waals surface area contributed by atoms with Gasteiger partial charge >= 0.3 is 6.03 Å². The predicted octanol–water partition coefficient (Wildman–Crippen LogP) is 2.12. The fourth-order valence-corrected chi connectivity index (χ4v) is 2.03. The molecule has 0 unspecified atom stereocenters. The van der Waals surface area contributed by atoms with Gasteiger partial charge in [-0.3, -0.25) is 10.1 Å². The number of carbonyl (C=O) groups excluding carboxylic acids is 2. The fraction of sp³-hybridized carbons (Fsp3) is 0.385. The topological polar surface area (TPSA) is 84.2 Å². The molecule has 0 spiro atoms. The number of hydrogen-bond acceptors (Lipinski definition) is 4. The number of anilines is 1. The number of halogens is 1. The Morgan fingerprint density at radius 1 is 1.35 bits per heavy atom. The summed E-state index contributed by atoms with van der Waals surface area (Å²) in [5.74, 6) is -1.03. The van der Waals surface area contributed by atoms with Crippen molar-refractivity contribution in [3.05, 3.63) is 24.0 Å². The summed E-state index contributed by atoms with van der Waals surface area (Å²) >= 11 is 1.00. The van der Waals surface area contributed by atoms with Gasteiger partial charge in [0.1, 0.15) is 5.82 Å². The number of nitrogen functional groups attached to an aromatic ring is 1. The van der Waals surface area contributed by atoms with Crippen molar-refractivity contribution in [2.75, 3.05) is 11.5 Å². The number of hydrogen-bond donors (Lipinski definition) is 3. The van der Waals surface area contributed by atoms with Gasteiger partial charge in [0.05, 0.1) is 5.75 Å². The zero-order chi connectivity index (χ0) is 15.3. The Kier molecular flexibility index (Phi) is 5.38. The molecule has 1 aromatic carbocycles. The Hall–Kier alpha value is -1.76. The minimum atomic E-state index is -0.569. The lowest BCUT2D eigenvalue weighted by molar-refractivity contribution is -0.117. The van der Waals surface area contributed by atoms with Crippen LogP contribution in [0, 0.1) is 5.82 Å². The molecule has 0 saturated carbocycles. The molecule has 3 amide bonds. The van der Waals surface area contributed by atoms with Crippen molar-refractivity contribution >= 4 is 29.4 Å². The SMILES string of the molecule is CC(C)(C)NC(=O)NC(=O)CSc1ccc(N)cc1F. The van der Waals surface area contributed by atoms with E-state index in [1.165, 1.54) is 12.1 Å². The summed E-state index contributed by atoms with van der Waals surface area (Å²) in [6, 6.07) is 3.67. The van der Waals surface area contributed by atoms with E-state index in [0.29, 0.717) is 10.6 Å². The van der Waals surface area contributed by atoms with Crippen molar-refractivity contribution in [3.63, 3.8) is 0 Å². The molecular formula is C13H18FN3O2S. The van der Waals surface area contributed by atoms with E-state index in [1.807, 2.05) is 0 Å². The van der Waals surface area contributed by atoms with E-state index < -0.39 is 23.3 Å². The van der Waals surface area contributed by atoms with Crippen molar-refractivity contribution < 1.29 is 14.0 Å². The highest BCUT2D eigenvalue weighted by Gasteiger charge is 2.16. The van der Waals surface area contributed by atoms with E-state index in [2.05, 4.69) is 10.6 Å². The van der Waals surface area contributed by atoms with Gasteiger partial charge < -0.3 is 11.1 Å². The van der Waals surface area contributed by atoms with Gasteiger partial charge in [-0.15, -0.1) is 11.8 Å². The molecule has 0 saturated heterocycles. The number of amides is 3. The van der Waals surface area contributed by atoms with Crippen LogP contribution in [0.2, 0.25) is 0 Å². The third-order valence-corrected chi connectivity index (χ3v) is 3.10. The van der Waals surface area contributed by atoms with Gasteiger partial charge in [-0.25, -0.2) is 9.18 Å². The van der Waals surface area contributed by atoms with Crippen LogP contribution in [0.4, 0.5) is 14.9 Å². The molecule has 0 atom stereocenters. The lowest BCUT2D eigenvalue weighted by Gasteiger charge is -2.20. The Bertz CT molecular complexity index is 515. The van der Waals surface area contributed by atoms with E-state index in [1.54, 1.807) is 26.8 Å². The van der Waals surface area contributed by atoms with Crippen molar-refractivity contribution in [1.29, 1.82) is 0 Å². The number of urea groups is 1. The molecule has 1 rings (SSSR count). The first kappa shape index (κ1) is 16.3. The standard InChI is InChI=1S/C13H18FN3O2S/c1-13(2,3)17-12(19)16-11(18)7-20-10-5-4-8(15)6-9(10)14/h4-6H,7,15H2,1-3H3,(H2,16,17,18,19). The number of rotatable bonds is 3. The normalized spacial score (nSPS) is 11.0. The second-order valence-electron chi connectivity index (χ2n) is 5.23. The molecule has 5 nitrogen and oxygen atoms in total. The van der Waals surface area contributed by atoms with Gasteiger partial charge in [0, 0.05) is 16.1 Å². The molecule has 0 aliphatic carbocycles. The second kappa shape index (κ2) is 6.60. The largest absolute Gasteiger partial charge is 0.399 e. The summed E-state index contributed by atoms with van der Waals surface area (Å²) in [5, 5.41) is 4.78. The van der Waals surface area contributed by atoms with Crippen LogP contribution in [0.15, 0.2) is 23.1 Å². The zero-order valence-electron chi connectivity index (χ0n) is 11.6. The van der Waals surface area contributed by atoms with E-state index in [0.717, 1.165) is 11.8 Å². The van der Waals surface area contributed by atoms with Crippen molar-refractivity contribution in [1.82, 2.24) is 10.6 Å². The summed E-state index contributed by atoms with van der Waals surface area (Å²) < 4.78 is 13.5. The van der Waals surface area contributed by atoms with Crippen LogP contribution in [0.3, 0.4) is 0 Å². The van der Waals surface area contributed by atoms with Crippen molar-refractivity contribution in [3.8, 4) is 0 Å². The smallest absolute Gasteiger partial charge is 0.321 e. The third-order valence-electron chi connectivity index (χ3n) is 2.06. The maximum Gasteiger partial charge on any atom is 0.321 e. The van der Waals surface area contributed by atoms with Crippen LogP contribution < -0.4 is 16.4 Å². The Balaban J connectivity index is 2.46. The first-order chi connectivity index (χ1) is 9.17.